The predicted octanol–water partition coefficient (Wildman–Crippen LogP) is 2.75. The maximum absolute atomic E-state index is 15.5. The molecule has 0 spiro atoms. The molecule has 9 atom stereocenters. The second-order valence-corrected chi connectivity index (χ2v) is 10.4. The van der Waals surface area contributed by atoms with E-state index in [0.717, 1.165) is 6.92 Å². The lowest BCUT2D eigenvalue weighted by Crippen LogP contribution is -2.59. The van der Waals surface area contributed by atoms with Crippen LogP contribution in [0.3, 0.4) is 0 Å². The van der Waals surface area contributed by atoms with Crippen molar-refractivity contribution in [2.75, 3.05) is 20.7 Å². The van der Waals surface area contributed by atoms with Crippen LogP contribution in [-0.2, 0) is 19.1 Å². The van der Waals surface area contributed by atoms with Gasteiger partial charge in [-0.1, -0.05) is 27.7 Å². The van der Waals surface area contributed by atoms with Gasteiger partial charge in [-0.2, -0.15) is 0 Å². The van der Waals surface area contributed by atoms with E-state index in [0.29, 0.717) is 13.0 Å². The van der Waals surface area contributed by atoms with Gasteiger partial charge in [0.05, 0.1) is 5.60 Å². The third-order valence-electron chi connectivity index (χ3n) is 7.82. The summed E-state index contributed by atoms with van der Waals surface area (Å²) in [5.74, 6) is -3.34. The van der Waals surface area contributed by atoms with Gasteiger partial charge in [0.25, 0.3) is 5.67 Å². The van der Waals surface area contributed by atoms with Crippen LogP contribution in [0.5, 0.6) is 0 Å². The molecule has 0 radical (unpaired) electrons. The topological polar surface area (TPSA) is 96.3 Å². The SMILES string of the molecule is CC[C@H]1OC(=O)[C@@](C)(F)C(=O)[C@H](C)[C@@H](C)[C@](C)(OC)C[C@@H](C)CN(C)[C@H](C)[C@@H](O)[C@]1(C)O. The molecule has 1 heterocycles. The predicted molar refractivity (Wildman–Crippen MR) is 121 cm³/mol. The molecule has 8 heteroatoms. The summed E-state index contributed by atoms with van der Waals surface area (Å²) in [6.07, 6.45) is -1.75. The van der Waals surface area contributed by atoms with Crippen molar-refractivity contribution in [1.82, 2.24) is 4.90 Å². The molecule has 188 valence electrons. The highest BCUT2D eigenvalue weighted by Crippen LogP contribution is 2.37. The molecule has 0 aliphatic carbocycles. The van der Waals surface area contributed by atoms with E-state index < -0.39 is 52.8 Å². The number of nitrogens with zero attached hydrogens (tertiary/aromatic N) is 1. The number of esters is 1. The number of hydrogen-bond donors (Lipinski definition) is 2. The summed E-state index contributed by atoms with van der Waals surface area (Å²) >= 11 is 0. The number of ketones is 1. The lowest BCUT2D eigenvalue weighted by molar-refractivity contribution is -0.196. The number of ether oxygens (including phenoxy) is 2. The zero-order chi connectivity index (χ0) is 25.2. The minimum atomic E-state index is -2.90. The maximum atomic E-state index is 15.5. The molecule has 0 aromatic carbocycles. The number of likely N-dealkylation sites (N-methyl/N-ethyl adjacent to an activating group) is 1. The summed E-state index contributed by atoms with van der Waals surface area (Å²) < 4.78 is 26.7. The number of aliphatic hydroxyl groups is 2. The molecule has 0 bridgehead atoms. The number of alkyl halides is 1. The zero-order valence-electron chi connectivity index (χ0n) is 21.4. The third kappa shape index (κ3) is 5.69. The minimum absolute atomic E-state index is 0.107. The van der Waals surface area contributed by atoms with Crippen LogP contribution in [0.25, 0.3) is 0 Å². The standard InChI is InChI=1S/C24H44FNO6/c1-11-18-24(8,30)20(28)17(5)26(9)13-14(2)12-22(6,31-10)16(4)15(3)19(27)23(7,25)21(29)32-18/h14-18,20,28,30H,11-13H2,1-10H3/t14-,15-,16-,17-,18-,20-,22-,23+,24-/m1/s1. The van der Waals surface area contributed by atoms with E-state index in [1.54, 1.807) is 27.9 Å². The Bertz CT molecular complexity index is 669. The molecule has 0 aromatic rings. The first-order valence-corrected chi connectivity index (χ1v) is 11.6. The number of carbonyl (C=O) groups is 2. The van der Waals surface area contributed by atoms with Gasteiger partial charge in [-0.3, -0.25) is 4.79 Å². The van der Waals surface area contributed by atoms with Crippen LogP contribution in [0.2, 0.25) is 0 Å². The molecule has 32 heavy (non-hydrogen) atoms. The van der Waals surface area contributed by atoms with Crippen molar-refractivity contribution in [3.8, 4) is 0 Å². The number of aliphatic hydroxyl groups excluding tert-OH is 1. The van der Waals surface area contributed by atoms with Crippen molar-refractivity contribution in [2.45, 2.75) is 103 Å². The lowest BCUT2D eigenvalue weighted by Gasteiger charge is -2.42. The van der Waals surface area contributed by atoms with E-state index in [9.17, 15) is 19.8 Å². The fourth-order valence-corrected chi connectivity index (χ4v) is 4.93. The summed E-state index contributed by atoms with van der Waals surface area (Å²) in [6.45, 7) is 13.7. The Balaban J connectivity index is 3.53. The van der Waals surface area contributed by atoms with Crippen LogP contribution >= 0.6 is 0 Å². The Labute approximate surface area is 192 Å². The number of carbonyl (C=O) groups excluding carboxylic acids is 2. The highest BCUT2D eigenvalue weighted by atomic mass is 19.1. The van der Waals surface area contributed by atoms with Crippen LogP contribution in [0.1, 0.15) is 68.2 Å². The van der Waals surface area contributed by atoms with Crippen molar-refractivity contribution < 1.29 is 33.7 Å². The van der Waals surface area contributed by atoms with Gasteiger partial charge < -0.3 is 24.6 Å². The van der Waals surface area contributed by atoms with Crippen molar-refractivity contribution in [1.29, 1.82) is 0 Å². The monoisotopic (exact) mass is 461 g/mol. The smallest absolute Gasteiger partial charge is 0.351 e. The van der Waals surface area contributed by atoms with Gasteiger partial charge in [-0.15, -0.1) is 0 Å². The van der Waals surface area contributed by atoms with E-state index in [1.807, 2.05) is 32.7 Å². The highest BCUT2D eigenvalue weighted by Gasteiger charge is 2.52. The van der Waals surface area contributed by atoms with E-state index in [2.05, 4.69) is 0 Å². The quantitative estimate of drug-likeness (QED) is 0.482. The zero-order valence-corrected chi connectivity index (χ0v) is 21.4. The Hall–Kier alpha value is -1.09. The van der Waals surface area contributed by atoms with E-state index >= 15 is 4.39 Å². The lowest BCUT2D eigenvalue weighted by atomic mass is 9.73. The summed E-state index contributed by atoms with van der Waals surface area (Å²) in [5.41, 5.74) is -5.49. The number of rotatable bonds is 2. The second-order valence-electron chi connectivity index (χ2n) is 10.4. The molecule has 0 amide bonds. The van der Waals surface area contributed by atoms with Crippen molar-refractivity contribution in [3.63, 3.8) is 0 Å². The average Bonchev–Trinajstić information content (AvgIpc) is 2.72. The summed E-state index contributed by atoms with van der Waals surface area (Å²) in [5, 5.41) is 22.1. The Morgan fingerprint density at radius 2 is 1.72 bits per heavy atom. The molecule has 0 unspecified atom stereocenters. The number of Topliss-reactive ketones (excluding diaryl/α,β-unsaturated/α-hetero) is 1. The molecule has 1 saturated heterocycles. The van der Waals surface area contributed by atoms with Gasteiger partial charge in [0.2, 0.25) is 0 Å². The number of methoxy groups -OCH3 is 1. The molecule has 1 aliphatic rings. The first-order valence-electron chi connectivity index (χ1n) is 11.6. The summed E-state index contributed by atoms with van der Waals surface area (Å²) in [6, 6.07) is -0.478. The first-order chi connectivity index (χ1) is 14.5. The Morgan fingerprint density at radius 3 is 2.19 bits per heavy atom. The van der Waals surface area contributed by atoms with Crippen LogP contribution in [0.4, 0.5) is 4.39 Å². The Kier molecular flexibility index (Phi) is 9.45. The van der Waals surface area contributed by atoms with Crippen LogP contribution < -0.4 is 0 Å². The fourth-order valence-electron chi connectivity index (χ4n) is 4.93. The molecule has 1 fully saturated rings. The van der Waals surface area contributed by atoms with Crippen LogP contribution in [-0.4, -0.2) is 82.7 Å². The summed E-state index contributed by atoms with van der Waals surface area (Å²) in [4.78, 5) is 27.8. The second kappa shape index (κ2) is 10.5. The summed E-state index contributed by atoms with van der Waals surface area (Å²) in [7, 11) is 3.42. The highest BCUT2D eigenvalue weighted by molar-refractivity contribution is 6.07. The molecule has 1 aliphatic heterocycles. The van der Waals surface area contributed by atoms with Crippen molar-refractivity contribution in [3.05, 3.63) is 0 Å². The maximum Gasteiger partial charge on any atom is 0.351 e. The molecule has 2 N–H and O–H groups in total. The van der Waals surface area contributed by atoms with E-state index in [1.165, 1.54) is 6.92 Å². The fraction of sp³-hybridized carbons (Fsp3) is 0.917. The normalized spacial score (nSPS) is 46.3. The number of halogens is 1. The van der Waals surface area contributed by atoms with Crippen LogP contribution in [0, 0.1) is 17.8 Å². The largest absolute Gasteiger partial charge is 0.457 e. The van der Waals surface area contributed by atoms with Gasteiger partial charge in [0.15, 0.2) is 5.78 Å². The molecular formula is C24H44FNO6. The van der Waals surface area contributed by atoms with E-state index in [-0.39, 0.29) is 18.3 Å². The average molecular weight is 462 g/mol. The molecule has 0 saturated carbocycles. The van der Waals surface area contributed by atoms with Gasteiger partial charge in [-0.05, 0) is 59.4 Å². The Morgan fingerprint density at radius 1 is 1.19 bits per heavy atom. The van der Waals surface area contributed by atoms with Crippen LogP contribution in [0.15, 0.2) is 0 Å². The molecule has 7 nitrogen and oxygen atoms in total. The van der Waals surface area contributed by atoms with Gasteiger partial charge in [-0.25, -0.2) is 9.18 Å². The van der Waals surface area contributed by atoms with Gasteiger partial charge in [0, 0.05) is 25.6 Å². The molecule has 0 aromatic heterocycles. The van der Waals surface area contributed by atoms with Crippen molar-refractivity contribution in [2.24, 2.45) is 17.8 Å². The van der Waals surface area contributed by atoms with Gasteiger partial charge >= 0.3 is 5.97 Å². The third-order valence-corrected chi connectivity index (χ3v) is 7.82. The number of hydrogen-bond acceptors (Lipinski definition) is 7. The minimum Gasteiger partial charge on any atom is -0.457 e. The number of cyclic esters (lactones) is 1. The first kappa shape index (κ1) is 28.9. The molecular weight excluding hydrogens is 417 g/mol. The molecule has 1 rings (SSSR count). The van der Waals surface area contributed by atoms with E-state index in [4.69, 9.17) is 9.47 Å². The van der Waals surface area contributed by atoms with Crippen molar-refractivity contribution >= 4 is 11.8 Å². The van der Waals surface area contributed by atoms with Gasteiger partial charge in [0.1, 0.15) is 17.8 Å².